The number of fused-ring (bicyclic) bond motifs is 1. The first kappa shape index (κ1) is 12.1. The van der Waals surface area contributed by atoms with E-state index in [1.54, 1.807) is 0 Å². The minimum atomic E-state index is 0.661. The van der Waals surface area contributed by atoms with Crippen molar-refractivity contribution in [3.63, 3.8) is 0 Å². The number of para-hydroxylation sites is 1. The molecule has 0 unspecified atom stereocenters. The molecule has 1 aromatic heterocycles. The Bertz CT molecular complexity index is 700. The zero-order valence-corrected chi connectivity index (χ0v) is 11.4. The summed E-state index contributed by atoms with van der Waals surface area (Å²) in [6.45, 7) is 2.65. The molecule has 0 bridgehead atoms. The number of benzene rings is 2. The van der Waals surface area contributed by atoms with Gasteiger partial charge in [0.2, 0.25) is 0 Å². The molecule has 0 saturated heterocycles. The Morgan fingerprint density at radius 2 is 1.89 bits per heavy atom. The molecule has 0 fully saturated rings. The van der Waals surface area contributed by atoms with Gasteiger partial charge in [-0.05, 0) is 36.8 Å². The average molecular weight is 272 g/mol. The Labute approximate surface area is 117 Å². The number of nitrogens with one attached hydrogen (secondary N) is 1. The topological polar surface area (TPSA) is 25.0 Å². The average Bonchev–Trinajstić information content (AvgIpc) is 2.85. The minimum Gasteiger partial charge on any atom is -0.492 e. The van der Waals surface area contributed by atoms with Crippen molar-refractivity contribution in [1.29, 1.82) is 0 Å². The summed E-state index contributed by atoms with van der Waals surface area (Å²) >= 11 is 5.91. The Morgan fingerprint density at radius 1 is 1.11 bits per heavy atom. The van der Waals surface area contributed by atoms with E-state index in [0.717, 1.165) is 32.9 Å². The van der Waals surface area contributed by atoms with Crippen LogP contribution in [0, 0.1) is 0 Å². The molecule has 0 radical (unpaired) electrons. The molecular weight excluding hydrogens is 258 g/mol. The van der Waals surface area contributed by atoms with Crippen LogP contribution in [0.25, 0.3) is 22.2 Å². The van der Waals surface area contributed by atoms with Crippen molar-refractivity contribution < 1.29 is 4.74 Å². The third kappa shape index (κ3) is 2.32. The van der Waals surface area contributed by atoms with Gasteiger partial charge in [0, 0.05) is 16.1 Å². The van der Waals surface area contributed by atoms with Gasteiger partial charge < -0.3 is 9.72 Å². The Morgan fingerprint density at radius 3 is 2.63 bits per heavy atom. The first-order valence-corrected chi connectivity index (χ1v) is 6.66. The number of hydrogen-bond acceptors (Lipinski definition) is 1. The third-order valence-electron chi connectivity index (χ3n) is 3.07. The van der Waals surface area contributed by atoms with Crippen LogP contribution in [0.5, 0.6) is 5.75 Å². The number of rotatable bonds is 3. The van der Waals surface area contributed by atoms with Crippen LogP contribution in [-0.4, -0.2) is 11.6 Å². The van der Waals surface area contributed by atoms with E-state index in [-0.39, 0.29) is 0 Å². The van der Waals surface area contributed by atoms with Gasteiger partial charge in [0.1, 0.15) is 5.75 Å². The van der Waals surface area contributed by atoms with Crippen LogP contribution >= 0.6 is 11.6 Å². The van der Waals surface area contributed by atoms with Crippen LogP contribution in [-0.2, 0) is 0 Å². The van der Waals surface area contributed by atoms with Crippen molar-refractivity contribution in [1.82, 2.24) is 4.98 Å². The standard InChI is InChI=1S/C16H14ClNO/c1-2-19-15-5-3-4-12-10-14(18-16(12)15)11-6-8-13(17)9-7-11/h3-10,18H,2H2,1H3. The van der Waals surface area contributed by atoms with Gasteiger partial charge in [-0.3, -0.25) is 0 Å². The zero-order chi connectivity index (χ0) is 13.2. The Kier molecular flexibility index (Phi) is 3.18. The van der Waals surface area contributed by atoms with Gasteiger partial charge in [0.25, 0.3) is 0 Å². The van der Waals surface area contributed by atoms with Crippen molar-refractivity contribution in [3.8, 4) is 17.0 Å². The lowest BCUT2D eigenvalue weighted by atomic mass is 10.1. The van der Waals surface area contributed by atoms with E-state index >= 15 is 0 Å². The zero-order valence-electron chi connectivity index (χ0n) is 10.6. The number of ether oxygens (including phenoxy) is 1. The van der Waals surface area contributed by atoms with Crippen LogP contribution in [0.15, 0.2) is 48.5 Å². The summed E-state index contributed by atoms with van der Waals surface area (Å²) in [7, 11) is 0. The Hall–Kier alpha value is -1.93. The summed E-state index contributed by atoms with van der Waals surface area (Å²) in [4.78, 5) is 3.42. The number of hydrogen-bond donors (Lipinski definition) is 1. The van der Waals surface area contributed by atoms with Gasteiger partial charge in [-0.2, -0.15) is 0 Å². The van der Waals surface area contributed by atoms with E-state index in [2.05, 4.69) is 17.1 Å². The number of halogens is 1. The highest BCUT2D eigenvalue weighted by Gasteiger charge is 2.07. The molecule has 0 atom stereocenters. The van der Waals surface area contributed by atoms with Crippen molar-refractivity contribution in [2.75, 3.05) is 6.61 Å². The predicted octanol–water partition coefficient (Wildman–Crippen LogP) is 4.89. The second-order valence-electron chi connectivity index (χ2n) is 4.34. The van der Waals surface area contributed by atoms with Crippen LogP contribution in [0.3, 0.4) is 0 Å². The van der Waals surface area contributed by atoms with Gasteiger partial charge in [-0.25, -0.2) is 0 Å². The summed E-state index contributed by atoms with van der Waals surface area (Å²) in [5, 5.41) is 1.89. The molecule has 1 N–H and O–H groups in total. The molecule has 0 aliphatic heterocycles. The van der Waals surface area contributed by atoms with E-state index in [1.807, 2.05) is 43.3 Å². The quantitative estimate of drug-likeness (QED) is 0.721. The predicted molar refractivity (Wildman–Crippen MR) is 79.9 cm³/mol. The molecule has 2 aromatic carbocycles. The summed E-state index contributed by atoms with van der Waals surface area (Å²) in [5.74, 6) is 0.889. The molecule has 0 aliphatic carbocycles. The first-order chi connectivity index (χ1) is 9.28. The van der Waals surface area contributed by atoms with E-state index in [4.69, 9.17) is 16.3 Å². The fraction of sp³-hybridized carbons (Fsp3) is 0.125. The number of H-pyrrole nitrogens is 1. The number of aromatic amines is 1. The first-order valence-electron chi connectivity index (χ1n) is 6.28. The second-order valence-corrected chi connectivity index (χ2v) is 4.78. The summed E-state index contributed by atoms with van der Waals surface area (Å²) < 4.78 is 5.64. The van der Waals surface area contributed by atoms with Crippen LogP contribution in [0.1, 0.15) is 6.92 Å². The van der Waals surface area contributed by atoms with E-state index < -0.39 is 0 Å². The van der Waals surface area contributed by atoms with Crippen LogP contribution in [0.2, 0.25) is 5.02 Å². The highest BCUT2D eigenvalue weighted by molar-refractivity contribution is 6.30. The lowest BCUT2D eigenvalue weighted by Crippen LogP contribution is -1.91. The number of aromatic nitrogens is 1. The SMILES string of the molecule is CCOc1cccc2cc(-c3ccc(Cl)cc3)[nH]c12. The molecule has 19 heavy (non-hydrogen) atoms. The normalized spacial score (nSPS) is 10.8. The minimum absolute atomic E-state index is 0.661. The molecule has 0 saturated carbocycles. The third-order valence-corrected chi connectivity index (χ3v) is 3.33. The molecular formula is C16H14ClNO. The van der Waals surface area contributed by atoms with Crippen LogP contribution < -0.4 is 4.74 Å². The van der Waals surface area contributed by atoms with Crippen molar-refractivity contribution >= 4 is 22.5 Å². The largest absolute Gasteiger partial charge is 0.492 e. The monoisotopic (exact) mass is 271 g/mol. The summed E-state index contributed by atoms with van der Waals surface area (Å²) in [6, 6.07) is 16.0. The molecule has 3 aromatic rings. The highest BCUT2D eigenvalue weighted by atomic mass is 35.5. The summed E-state index contributed by atoms with van der Waals surface area (Å²) in [6.07, 6.45) is 0. The molecule has 2 nitrogen and oxygen atoms in total. The molecule has 0 aliphatic rings. The molecule has 3 rings (SSSR count). The smallest absolute Gasteiger partial charge is 0.143 e. The maximum absolute atomic E-state index is 5.91. The van der Waals surface area contributed by atoms with E-state index in [0.29, 0.717) is 6.61 Å². The maximum Gasteiger partial charge on any atom is 0.143 e. The van der Waals surface area contributed by atoms with Gasteiger partial charge in [0.05, 0.1) is 12.1 Å². The van der Waals surface area contributed by atoms with Crippen molar-refractivity contribution in [3.05, 3.63) is 53.6 Å². The molecule has 0 spiro atoms. The molecule has 3 heteroatoms. The fourth-order valence-corrected chi connectivity index (χ4v) is 2.32. The van der Waals surface area contributed by atoms with Gasteiger partial charge in [-0.15, -0.1) is 0 Å². The highest BCUT2D eigenvalue weighted by Crippen LogP contribution is 2.30. The van der Waals surface area contributed by atoms with E-state index in [9.17, 15) is 0 Å². The van der Waals surface area contributed by atoms with Gasteiger partial charge in [0.15, 0.2) is 0 Å². The second kappa shape index (κ2) is 4.98. The fourth-order valence-electron chi connectivity index (χ4n) is 2.19. The summed E-state index contributed by atoms with van der Waals surface area (Å²) in [5.41, 5.74) is 3.22. The van der Waals surface area contributed by atoms with Gasteiger partial charge >= 0.3 is 0 Å². The van der Waals surface area contributed by atoms with Gasteiger partial charge in [-0.1, -0.05) is 35.9 Å². The lowest BCUT2D eigenvalue weighted by Gasteiger charge is -2.03. The van der Waals surface area contributed by atoms with Crippen molar-refractivity contribution in [2.45, 2.75) is 6.92 Å². The van der Waals surface area contributed by atoms with E-state index in [1.165, 1.54) is 0 Å². The van der Waals surface area contributed by atoms with Crippen LogP contribution in [0.4, 0.5) is 0 Å². The molecule has 1 heterocycles. The lowest BCUT2D eigenvalue weighted by molar-refractivity contribution is 0.344. The Balaban J connectivity index is 2.11. The molecule has 96 valence electrons. The maximum atomic E-state index is 5.91. The molecule has 0 amide bonds. The van der Waals surface area contributed by atoms with Crippen molar-refractivity contribution in [2.24, 2.45) is 0 Å².